The standard InChI is InChI=1S/C4H8N2S4.CH2O.2Na/c7-3(8)5-1-2-6-4(9)10;1-2;;/h1-2H2,(H2,5,7,8)(H2,6,9,10);1H2;;/q;;2*+1/p-2. The average Bonchev–Trinajstić information content (AvgIpc) is 2.02. The normalized spacial score (nSPS) is 6.29. The fourth-order valence-electron chi connectivity index (χ4n) is 0.329. The van der Waals surface area contributed by atoms with E-state index in [4.69, 9.17) is 4.79 Å². The molecule has 0 rings (SSSR count). The van der Waals surface area contributed by atoms with Gasteiger partial charge < -0.3 is 65.1 Å². The van der Waals surface area contributed by atoms with Crippen molar-refractivity contribution in [1.82, 2.24) is 10.6 Å². The van der Waals surface area contributed by atoms with Crippen LogP contribution in [-0.2, 0) is 30.1 Å². The predicted octanol–water partition coefficient (Wildman–Crippen LogP) is -6.35. The van der Waals surface area contributed by atoms with Crippen LogP contribution in [-0.4, -0.2) is 28.5 Å². The number of carbonyl (C=O) groups excluding carboxylic acids is 1. The Labute approximate surface area is 150 Å². The van der Waals surface area contributed by atoms with Crippen molar-refractivity contribution in [3.63, 3.8) is 0 Å². The van der Waals surface area contributed by atoms with Gasteiger partial charge in [-0.25, -0.2) is 0 Å². The summed E-state index contributed by atoms with van der Waals surface area (Å²) in [6.07, 6.45) is 0. The van der Waals surface area contributed by atoms with Gasteiger partial charge in [0.05, 0.1) is 0 Å². The Morgan fingerprint density at radius 1 is 1.00 bits per heavy atom. The molecule has 0 heterocycles. The van der Waals surface area contributed by atoms with Gasteiger partial charge in [-0.3, -0.25) is 0 Å². The molecule has 9 heteroatoms. The van der Waals surface area contributed by atoms with Gasteiger partial charge in [0.25, 0.3) is 0 Å². The van der Waals surface area contributed by atoms with Crippen molar-refractivity contribution in [3.05, 3.63) is 0 Å². The quantitative estimate of drug-likeness (QED) is 0.231. The van der Waals surface area contributed by atoms with Crippen LogP contribution < -0.4 is 69.7 Å². The molecule has 0 bridgehead atoms. The van der Waals surface area contributed by atoms with Crippen LogP contribution in [0.1, 0.15) is 0 Å². The van der Waals surface area contributed by atoms with E-state index in [0.29, 0.717) is 21.7 Å². The maximum Gasteiger partial charge on any atom is 1.00 e. The van der Waals surface area contributed by atoms with Gasteiger partial charge in [-0.15, -0.1) is 0 Å². The fraction of sp³-hybridized carbons (Fsp3) is 0.400. The molecule has 0 saturated carbocycles. The van der Waals surface area contributed by atoms with Crippen LogP contribution in [0, 0.1) is 0 Å². The van der Waals surface area contributed by atoms with Gasteiger partial charge in [-0.2, -0.15) is 0 Å². The first-order valence-electron chi connectivity index (χ1n) is 2.81. The second-order valence-electron chi connectivity index (χ2n) is 1.43. The number of rotatable bonds is 3. The molecule has 3 nitrogen and oxygen atoms in total. The Morgan fingerprint density at radius 2 is 1.21 bits per heavy atom. The van der Waals surface area contributed by atoms with E-state index in [1.165, 1.54) is 0 Å². The van der Waals surface area contributed by atoms with Crippen LogP contribution in [0.3, 0.4) is 0 Å². The Balaban J connectivity index is -0.000000117. The van der Waals surface area contributed by atoms with Gasteiger partial charge in [0.15, 0.2) is 0 Å². The first kappa shape index (κ1) is 24.9. The smallest absolute Gasteiger partial charge is 0.412 e. The Morgan fingerprint density at radius 3 is 1.36 bits per heavy atom. The Bertz CT molecular complexity index is 145. The van der Waals surface area contributed by atoms with Crippen LogP contribution in [0.2, 0.25) is 0 Å². The summed E-state index contributed by atoms with van der Waals surface area (Å²) in [7, 11) is 0. The van der Waals surface area contributed by atoms with Crippen LogP contribution in [0.15, 0.2) is 0 Å². The van der Waals surface area contributed by atoms with Gasteiger partial charge in [0.1, 0.15) is 6.79 Å². The van der Waals surface area contributed by atoms with Crippen LogP contribution in [0.4, 0.5) is 0 Å². The Hall–Kier alpha value is 1.89. The average molecular weight is 286 g/mol. The minimum Gasteiger partial charge on any atom is -0.412 e. The predicted molar refractivity (Wildman–Crippen MR) is 63.1 cm³/mol. The zero-order valence-corrected chi connectivity index (χ0v) is 15.4. The molecule has 0 saturated heterocycles. The van der Waals surface area contributed by atoms with Crippen molar-refractivity contribution >= 4 is 65.1 Å². The SMILES string of the molecule is C=O.S=C([S-])NCCNC(=S)[S-].[Na+].[Na+]. The molecule has 0 atom stereocenters. The molecule has 0 aromatic rings. The van der Waals surface area contributed by atoms with Crippen molar-refractivity contribution in [2.45, 2.75) is 0 Å². The summed E-state index contributed by atoms with van der Waals surface area (Å²) in [5.74, 6) is 0. The maximum atomic E-state index is 8.00. The van der Waals surface area contributed by atoms with E-state index in [0.717, 1.165) is 0 Å². The van der Waals surface area contributed by atoms with Crippen LogP contribution in [0.25, 0.3) is 0 Å². The van der Waals surface area contributed by atoms with E-state index in [-0.39, 0.29) is 59.1 Å². The first-order valence-corrected chi connectivity index (χ1v) is 4.45. The summed E-state index contributed by atoms with van der Waals surface area (Å²) in [6, 6.07) is 0. The summed E-state index contributed by atoms with van der Waals surface area (Å²) in [5.41, 5.74) is 0. The molecular formula is C5H8N2Na2OS4. The molecular weight excluding hydrogens is 278 g/mol. The van der Waals surface area contributed by atoms with Crippen molar-refractivity contribution in [2.75, 3.05) is 13.1 Å². The second kappa shape index (κ2) is 20.3. The minimum absolute atomic E-state index is 0. The molecule has 70 valence electrons. The number of carbonyl (C=O) groups is 1. The molecule has 0 aliphatic carbocycles. The van der Waals surface area contributed by atoms with Crippen molar-refractivity contribution in [3.8, 4) is 0 Å². The van der Waals surface area contributed by atoms with Crippen molar-refractivity contribution in [1.29, 1.82) is 0 Å². The third kappa shape index (κ3) is 29.2. The van der Waals surface area contributed by atoms with Gasteiger partial charge in [0.2, 0.25) is 0 Å². The van der Waals surface area contributed by atoms with Gasteiger partial charge in [-0.05, 0) is 0 Å². The zero-order valence-electron chi connectivity index (χ0n) is 8.16. The molecule has 0 amide bonds. The number of hydrogen-bond donors (Lipinski definition) is 2. The summed E-state index contributed by atoms with van der Waals surface area (Å²) >= 11 is 18.4. The molecule has 2 N–H and O–H groups in total. The van der Waals surface area contributed by atoms with E-state index in [1.54, 1.807) is 0 Å². The van der Waals surface area contributed by atoms with Crippen molar-refractivity contribution < 1.29 is 63.9 Å². The molecule has 0 spiro atoms. The third-order valence-corrected chi connectivity index (χ3v) is 1.24. The minimum atomic E-state index is 0. The molecule has 0 aromatic carbocycles. The Kier molecular flexibility index (Phi) is 36.2. The van der Waals surface area contributed by atoms with E-state index in [9.17, 15) is 0 Å². The van der Waals surface area contributed by atoms with E-state index < -0.39 is 0 Å². The summed E-state index contributed by atoms with van der Waals surface area (Å²) in [5, 5.41) is 5.56. The molecule has 0 unspecified atom stereocenters. The van der Waals surface area contributed by atoms with Crippen molar-refractivity contribution in [2.24, 2.45) is 0 Å². The summed E-state index contributed by atoms with van der Waals surface area (Å²) < 4.78 is 0.745. The molecule has 0 aromatic heterocycles. The summed E-state index contributed by atoms with van der Waals surface area (Å²) in [6.45, 7) is 3.33. The largest absolute Gasteiger partial charge is 1.00 e. The zero-order chi connectivity index (χ0) is 9.98. The third-order valence-electron chi connectivity index (χ3n) is 0.664. The second-order valence-corrected chi connectivity index (χ2v) is 3.58. The molecule has 0 radical (unpaired) electrons. The number of nitrogens with one attached hydrogen (secondary N) is 2. The van der Waals surface area contributed by atoms with Gasteiger partial charge in [-0.1, -0.05) is 8.64 Å². The van der Waals surface area contributed by atoms with E-state index >= 15 is 0 Å². The maximum absolute atomic E-state index is 8.00. The first-order chi connectivity index (χ1) is 5.63. The number of thiocarbonyl (C=S) groups is 2. The number of hydrogen-bond acceptors (Lipinski definition) is 5. The molecule has 0 aliphatic rings. The molecule has 0 aliphatic heterocycles. The van der Waals surface area contributed by atoms with E-state index in [2.05, 4.69) is 60.3 Å². The van der Waals surface area contributed by atoms with E-state index in [1.807, 2.05) is 6.79 Å². The molecule has 14 heavy (non-hydrogen) atoms. The monoisotopic (exact) mass is 286 g/mol. The van der Waals surface area contributed by atoms with Crippen LogP contribution in [0.5, 0.6) is 0 Å². The van der Waals surface area contributed by atoms with Gasteiger partial charge >= 0.3 is 59.1 Å². The molecule has 0 fully saturated rings. The summed E-state index contributed by atoms with van der Waals surface area (Å²) in [4.78, 5) is 8.00. The topological polar surface area (TPSA) is 41.1 Å². The fourth-order valence-corrected chi connectivity index (χ4v) is 0.737. The van der Waals surface area contributed by atoms with Gasteiger partial charge in [0, 0.05) is 13.1 Å². The van der Waals surface area contributed by atoms with Crippen LogP contribution >= 0.6 is 24.4 Å².